The molecule has 5 heteroatoms. The van der Waals surface area contributed by atoms with Crippen LogP contribution in [0.2, 0.25) is 0 Å². The quantitative estimate of drug-likeness (QED) is 0.892. The Hall–Kier alpha value is -2.48. The van der Waals surface area contributed by atoms with Crippen LogP contribution in [0, 0.1) is 17.1 Å². The number of rotatable bonds is 4. The second-order valence-corrected chi connectivity index (χ2v) is 3.66. The highest BCUT2D eigenvalue weighted by atomic mass is 19.1. The third-order valence-electron chi connectivity index (χ3n) is 2.38. The number of hydrogen-bond donors (Lipinski definition) is 1. The lowest BCUT2D eigenvalue weighted by atomic mass is 10.2. The number of aromatic nitrogens is 2. The summed E-state index contributed by atoms with van der Waals surface area (Å²) < 4.78 is 13.0. The van der Waals surface area contributed by atoms with Crippen LogP contribution >= 0.6 is 0 Å². The molecular weight excluding hydrogens is 231 g/mol. The van der Waals surface area contributed by atoms with Crippen molar-refractivity contribution in [3.05, 3.63) is 53.9 Å². The van der Waals surface area contributed by atoms with Crippen molar-refractivity contribution in [3.8, 4) is 6.07 Å². The van der Waals surface area contributed by atoms with Crippen molar-refractivity contribution in [1.29, 1.82) is 5.26 Å². The molecule has 1 N–H and O–H groups in total. The van der Waals surface area contributed by atoms with Gasteiger partial charge in [-0.15, -0.1) is 0 Å². The maximum Gasteiger partial charge on any atom is 0.163 e. The molecule has 2 heterocycles. The molecule has 0 atom stereocenters. The second kappa shape index (κ2) is 5.73. The number of pyridine rings is 2. The fraction of sp³-hybridized carbons (Fsp3) is 0.154. The molecule has 0 aliphatic heterocycles. The van der Waals surface area contributed by atoms with Gasteiger partial charge in [-0.05, 0) is 12.1 Å². The van der Waals surface area contributed by atoms with Crippen LogP contribution in [0.25, 0.3) is 0 Å². The predicted octanol–water partition coefficient (Wildman–Crippen LogP) is 2.14. The van der Waals surface area contributed by atoms with Gasteiger partial charge in [-0.1, -0.05) is 6.07 Å². The molecule has 2 rings (SSSR count). The van der Waals surface area contributed by atoms with Crippen molar-refractivity contribution >= 4 is 5.69 Å². The summed E-state index contributed by atoms with van der Waals surface area (Å²) in [5.74, 6) is -0.464. The van der Waals surface area contributed by atoms with Crippen molar-refractivity contribution in [2.45, 2.75) is 6.42 Å². The van der Waals surface area contributed by atoms with Crippen LogP contribution in [0.1, 0.15) is 11.4 Å². The molecule has 2 aromatic heterocycles. The summed E-state index contributed by atoms with van der Waals surface area (Å²) in [6, 6.07) is 8.85. The van der Waals surface area contributed by atoms with Crippen LogP contribution in [0.5, 0.6) is 0 Å². The van der Waals surface area contributed by atoms with E-state index in [9.17, 15) is 4.39 Å². The van der Waals surface area contributed by atoms with E-state index in [0.29, 0.717) is 18.7 Å². The molecule has 90 valence electrons. The molecule has 0 fully saturated rings. The van der Waals surface area contributed by atoms with Gasteiger partial charge in [-0.2, -0.15) is 5.26 Å². The average molecular weight is 242 g/mol. The van der Waals surface area contributed by atoms with Crippen molar-refractivity contribution in [3.63, 3.8) is 0 Å². The number of nitriles is 1. The zero-order valence-corrected chi connectivity index (χ0v) is 9.60. The average Bonchev–Trinajstić information content (AvgIpc) is 2.40. The molecule has 0 unspecified atom stereocenters. The summed E-state index contributed by atoms with van der Waals surface area (Å²) >= 11 is 0. The Bertz CT molecular complexity index is 563. The number of nitrogens with one attached hydrogen (secondary N) is 1. The van der Waals surface area contributed by atoms with Gasteiger partial charge in [0.15, 0.2) is 5.69 Å². The van der Waals surface area contributed by atoms with Gasteiger partial charge in [-0.3, -0.25) is 4.98 Å². The molecule has 0 bridgehead atoms. The fourth-order valence-corrected chi connectivity index (χ4v) is 1.53. The molecule has 0 saturated heterocycles. The smallest absolute Gasteiger partial charge is 0.163 e. The van der Waals surface area contributed by atoms with Crippen molar-refractivity contribution in [2.24, 2.45) is 0 Å². The lowest BCUT2D eigenvalue weighted by molar-refractivity contribution is 0.621. The van der Waals surface area contributed by atoms with Gasteiger partial charge in [0, 0.05) is 30.9 Å². The maximum absolute atomic E-state index is 13.0. The number of halogens is 1. The van der Waals surface area contributed by atoms with Crippen LogP contribution in [0.4, 0.5) is 10.1 Å². The summed E-state index contributed by atoms with van der Waals surface area (Å²) in [6.45, 7) is 0.566. The van der Waals surface area contributed by atoms with E-state index >= 15 is 0 Å². The Kier molecular flexibility index (Phi) is 3.82. The first-order valence-corrected chi connectivity index (χ1v) is 5.49. The van der Waals surface area contributed by atoms with E-state index in [0.717, 1.165) is 11.9 Å². The first kappa shape index (κ1) is 12.0. The highest BCUT2D eigenvalue weighted by Crippen LogP contribution is 2.13. The van der Waals surface area contributed by atoms with Crippen molar-refractivity contribution in [1.82, 2.24) is 9.97 Å². The van der Waals surface area contributed by atoms with Gasteiger partial charge in [0.25, 0.3) is 0 Å². The lowest BCUT2D eigenvalue weighted by Gasteiger charge is -2.07. The number of anilines is 1. The molecule has 18 heavy (non-hydrogen) atoms. The first-order valence-electron chi connectivity index (χ1n) is 5.49. The van der Waals surface area contributed by atoms with E-state index in [1.165, 1.54) is 6.07 Å². The molecule has 0 saturated carbocycles. The van der Waals surface area contributed by atoms with E-state index in [1.54, 1.807) is 6.20 Å². The highest BCUT2D eigenvalue weighted by Gasteiger charge is 2.04. The lowest BCUT2D eigenvalue weighted by Crippen LogP contribution is -2.08. The monoisotopic (exact) mass is 242 g/mol. The number of nitrogens with zero attached hydrogens (tertiary/aromatic N) is 3. The predicted molar refractivity (Wildman–Crippen MR) is 65.3 cm³/mol. The Morgan fingerprint density at radius 3 is 2.94 bits per heavy atom. The molecule has 0 aliphatic carbocycles. The van der Waals surface area contributed by atoms with E-state index in [-0.39, 0.29) is 5.69 Å². The Morgan fingerprint density at radius 2 is 2.22 bits per heavy atom. The molecule has 4 nitrogen and oxygen atoms in total. The Morgan fingerprint density at radius 1 is 1.33 bits per heavy atom. The molecule has 0 spiro atoms. The van der Waals surface area contributed by atoms with Crippen molar-refractivity contribution < 1.29 is 4.39 Å². The van der Waals surface area contributed by atoms with E-state index in [2.05, 4.69) is 15.3 Å². The van der Waals surface area contributed by atoms with Gasteiger partial charge >= 0.3 is 0 Å². The SMILES string of the molecule is N#Cc1ncc(F)cc1NCCc1ccccn1. The van der Waals surface area contributed by atoms with E-state index in [4.69, 9.17) is 5.26 Å². The van der Waals surface area contributed by atoms with Crippen molar-refractivity contribution in [2.75, 3.05) is 11.9 Å². The van der Waals surface area contributed by atoms with Crippen LogP contribution in [0.15, 0.2) is 36.7 Å². The normalized spacial score (nSPS) is 9.78. The van der Waals surface area contributed by atoms with Crippen LogP contribution < -0.4 is 5.32 Å². The second-order valence-electron chi connectivity index (χ2n) is 3.66. The zero-order chi connectivity index (χ0) is 12.8. The first-order chi connectivity index (χ1) is 8.79. The summed E-state index contributed by atoms with van der Waals surface area (Å²) in [6.07, 6.45) is 3.45. The molecule has 0 aliphatic rings. The third kappa shape index (κ3) is 3.01. The minimum Gasteiger partial charge on any atom is -0.382 e. The molecule has 0 amide bonds. The van der Waals surface area contributed by atoms with Gasteiger partial charge < -0.3 is 5.32 Å². The minimum absolute atomic E-state index is 0.192. The summed E-state index contributed by atoms with van der Waals surface area (Å²) in [4.78, 5) is 7.88. The summed E-state index contributed by atoms with van der Waals surface area (Å²) in [5.41, 5.74) is 1.54. The molecule has 0 aromatic carbocycles. The molecule has 2 aromatic rings. The largest absolute Gasteiger partial charge is 0.382 e. The maximum atomic E-state index is 13.0. The van der Waals surface area contributed by atoms with Gasteiger partial charge in [-0.25, -0.2) is 9.37 Å². The van der Waals surface area contributed by atoms with Crippen LogP contribution in [0.3, 0.4) is 0 Å². The Labute approximate surface area is 104 Å². The Balaban J connectivity index is 1.98. The van der Waals surface area contributed by atoms with E-state index < -0.39 is 5.82 Å². The standard InChI is InChI=1S/C13H11FN4/c14-10-7-12(13(8-15)18-9-10)17-6-4-11-3-1-2-5-16-11/h1-3,5,7,9,17H,4,6H2. The zero-order valence-electron chi connectivity index (χ0n) is 9.60. The third-order valence-corrected chi connectivity index (χ3v) is 2.38. The molecule has 0 radical (unpaired) electrons. The van der Waals surface area contributed by atoms with E-state index in [1.807, 2.05) is 24.3 Å². The van der Waals surface area contributed by atoms with Gasteiger partial charge in [0.1, 0.15) is 11.9 Å². The highest BCUT2D eigenvalue weighted by molar-refractivity contribution is 5.53. The minimum atomic E-state index is -0.464. The summed E-state index contributed by atoms with van der Waals surface area (Å²) in [5, 5.41) is 11.8. The fourth-order valence-electron chi connectivity index (χ4n) is 1.53. The van der Waals surface area contributed by atoms with Gasteiger partial charge in [0.2, 0.25) is 0 Å². The topological polar surface area (TPSA) is 61.6 Å². The van der Waals surface area contributed by atoms with Gasteiger partial charge in [0.05, 0.1) is 11.9 Å². The summed E-state index contributed by atoms with van der Waals surface area (Å²) in [7, 11) is 0. The van der Waals surface area contributed by atoms with Crippen LogP contribution in [-0.4, -0.2) is 16.5 Å². The molecular formula is C13H11FN4. The number of hydrogen-bond acceptors (Lipinski definition) is 4. The van der Waals surface area contributed by atoms with Crippen LogP contribution in [-0.2, 0) is 6.42 Å².